The lowest BCUT2D eigenvalue weighted by Crippen LogP contribution is -2.03. The van der Waals surface area contributed by atoms with Crippen molar-refractivity contribution in [3.63, 3.8) is 0 Å². The molecule has 0 saturated carbocycles. The van der Waals surface area contributed by atoms with Gasteiger partial charge in [0.15, 0.2) is 0 Å². The number of tetrazole rings is 1. The van der Waals surface area contributed by atoms with E-state index in [-0.39, 0.29) is 0 Å². The Kier molecular flexibility index (Phi) is 4.28. The first-order chi connectivity index (χ1) is 12.2. The number of thioether (sulfide) groups is 1. The smallest absolute Gasteiger partial charge is 0.249 e. The lowest BCUT2D eigenvalue weighted by atomic mass is 10.2. The summed E-state index contributed by atoms with van der Waals surface area (Å²) in [6, 6.07) is 5.96. The van der Waals surface area contributed by atoms with Crippen LogP contribution in [0.4, 0.5) is 0 Å². The number of aromatic nitrogens is 4. The molecule has 0 amide bonds. The third-order valence-electron chi connectivity index (χ3n) is 3.40. The summed E-state index contributed by atoms with van der Waals surface area (Å²) in [5.74, 6) is 2.59. The van der Waals surface area contributed by atoms with Crippen molar-refractivity contribution in [1.29, 1.82) is 0 Å². The summed E-state index contributed by atoms with van der Waals surface area (Å²) in [6.07, 6.45) is 0. The standard InChI is InChI=1S/C15H14N6O2S2/c1-9-6-12(10(2)22-9)14-17-16-13(23-14)8-25-15-18-19-20-21(15)7-11-4-3-5-24-11/h3-6,8,16H,7H2,1-2H3. The molecular weight excluding hydrogens is 360 g/mol. The van der Waals surface area contributed by atoms with Crippen LogP contribution in [0.5, 0.6) is 0 Å². The Labute approximate surface area is 151 Å². The zero-order valence-corrected chi connectivity index (χ0v) is 15.1. The molecular formula is C15H14N6O2S2. The Morgan fingerprint density at radius 1 is 1.40 bits per heavy atom. The monoisotopic (exact) mass is 374 g/mol. The normalized spacial score (nSPS) is 15.3. The van der Waals surface area contributed by atoms with Gasteiger partial charge in [0, 0.05) is 10.3 Å². The van der Waals surface area contributed by atoms with Crippen LogP contribution in [0.25, 0.3) is 0 Å². The van der Waals surface area contributed by atoms with E-state index in [1.54, 1.807) is 21.4 Å². The molecule has 1 N–H and O–H groups in total. The van der Waals surface area contributed by atoms with Gasteiger partial charge in [0.1, 0.15) is 11.5 Å². The van der Waals surface area contributed by atoms with Gasteiger partial charge in [-0.1, -0.05) is 17.8 Å². The van der Waals surface area contributed by atoms with Gasteiger partial charge < -0.3 is 9.15 Å². The van der Waals surface area contributed by atoms with Gasteiger partial charge in [-0.2, -0.15) is 0 Å². The highest BCUT2D eigenvalue weighted by Gasteiger charge is 2.20. The van der Waals surface area contributed by atoms with Crippen molar-refractivity contribution in [3.05, 3.63) is 56.8 Å². The van der Waals surface area contributed by atoms with E-state index in [4.69, 9.17) is 9.15 Å². The van der Waals surface area contributed by atoms with E-state index >= 15 is 0 Å². The minimum Gasteiger partial charge on any atom is -0.466 e. The second kappa shape index (κ2) is 6.73. The molecule has 128 valence electrons. The molecule has 25 heavy (non-hydrogen) atoms. The van der Waals surface area contributed by atoms with Crippen molar-refractivity contribution < 1.29 is 9.15 Å². The van der Waals surface area contributed by atoms with Crippen LogP contribution in [0.15, 0.2) is 49.5 Å². The molecule has 4 heterocycles. The van der Waals surface area contributed by atoms with Crippen molar-refractivity contribution in [2.24, 2.45) is 5.10 Å². The minimum absolute atomic E-state index is 0.486. The zero-order valence-electron chi connectivity index (χ0n) is 13.5. The highest BCUT2D eigenvalue weighted by atomic mass is 32.2. The average Bonchev–Trinajstić information content (AvgIpc) is 3.35. The van der Waals surface area contributed by atoms with Crippen molar-refractivity contribution in [2.45, 2.75) is 25.5 Å². The Morgan fingerprint density at radius 2 is 2.32 bits per heavy atom. The second-order valence-corrected chi connectivity index (χ2v) is 7.12. The van der Waals surface area contributed by atoms with E-state index in [0.717, 1.165) is 17.1 Å². The number of thiophene rings is 1. The van der Waals surface area contributed by atoms with Gasteiger partial charge in [0.2, 0.25) is 16.9 Å². The summed E-state index contributed by atoms with van der Waals surface area (Å²) in [5.41, 5.74) is 3.69. The molecule has 10 heteroatoms. The van der Waals surface area contributed by atoms with Crippen molar-refractivity contribution in [2.75, 3.05) is 0 Å². The van der Waals surface area contributed by atoms with E-state index in [9.17, 15) is 0 Å². The van der Waals surface area contributed by atoms with E-state index in [2.05, 4.69) is 32.1 Å². The molecule has 8 nitrogen and oxygen atoms in total. The number of ether oxygens (including phenoxy) is 1. The minimum atomic E-state index is 0.486. The molecule has 0 atom stereocenters. The van der Waals surface area contributed by atoms with Gasteiger partial charge in [0.25, 0.3) is 0 Å². The van der Waals surface area contributed by atoms with E-state index in [0.29, 0.717) is 23.5 Å². The molecule has 0 radical (unpaired) electrons. The largest absolute Gasteiger partial charge is 0.466 e. The second-order valence-electron chi connectivity index (χ2n) is 5.26. The lowest BCUT2D eigenvalue weighted by molar-refractivity contribution is 0.417. The molecule has 0 saturated heterocycles. The Morgan fingerprint density at radius 3 is 3.08 bits per heavy atom. The lowest BCUT2D eigenvalue weighted by Gasteiger charge is -2.01. The van der Waals surface area contributed by atoms with Gasteiger partial charge in [-0.25, -0.2) is 10.1 Å². The number of hydrogen-bond acceptors (Lipinski definition) is 9. The number of aryl methyl sites for hydroxylation is 2. The van der Waals surface area contributed by atoms with Gasteiger partial charge in [-0.3, -0.25) is 0 Å². The van der Waals surface area contributed by atoms with E-state index < -0.39 is 0 Å². The van der Waals surface area contributed by atoms with Gasteiger partial charge in [0.05, 0.1) is 12.1 Å². The first-order valence-corrected chi connectivity index (χ1v) is 9.19. The predicted octanol–water partition coefficient (Wildman–Crippen LogP) is 2.87. The van der Waals surface area contributed by atoms with Crippen molar-refractivity contribution in [1.82, 2.24) is 25.6 Å². The first-order valence-electron chi connectivity index (χ1n) is 7.43. The van der Waals surface area contributed by atoms with Crippen LogP contribution in [0.3, 0.4) is 0 Å². The molecule has 1 aliphatic heterocycles. The molecule has 3 aromatic rings. The Bertz CT molecular complexity index is 941. The number of hydrazone groups is 1. The number of nitrogens with zero attached hydrogens (tertiary/aromatic N) is 5. The van der Waals surface area contributed by atoms with Crippen LogP contribution in [0.1, 0.15) is 22.0 Å². The van der Waals surface area contributed by atoms with Gasteiger partial charge >= 0.3 is 0 Å². The topological polar surface area (TPSA) is 90.4 Å². The molecule has 1 aliphatic rings. The zero-order chi connectivity index (χ0) is 17.2. The summed E-state index contributed by atoms with van der Waals surface area (Å²) in [5, 5.41) is 20.5. The summed E-state index contributed by atoms with van der Waals surface area (Å²) in [6.45, 7) is 4.41. The highest BCUT2D eigenvalue weighted by molar-refractivity contribution is 8.02. The van der Waals surface area contributed by atoms with Crippen molar-refractivity contribution >= 4 is 29.0 Å². The Hall–Kier alpha value is -2.59. The fourth-order valence-electron chi connectivity index (χ4n) is 2.30. The van der Waals surface area contributed by atoms with Crippen LogP contribution in [-0.4, -0.2) is 26.1 Å². The molecule has 0 fully saturated rings. The molecule has 0 bridgehead atoms. The van der Waals surface area contributed by atoms with E-state index in [1.807, 2.05) is 31.4 Å². The van der Waals surface area contributed by atoms with Crippen LogP contribution in [0, 0.1) is 13.8 Å². The Balaban J connectivity index is 1.42. The fraction of sp³-hybridized carbons (Fsp3) is 0.200. The van der Waals surface area contributed by atoms with Crippen LogP contribution in [0.2, 0.25) is 0 Å². The maximum absolute atomic E-state index is 5.73. The van der Waals surface area contributed by atoms with Gasteiger partial charge in [-0.15, -0.1) is 21.5 Å². The maximum atomic E-state index is 5.73. The summed E-state index contributed by atoms with van der Waals surface area (Å²) in [4.78, 5) is 1.19. The third kappa shape index (κ3) is 3.44. The molecule has 0 aromatic carbocycles. The van der Waals surface area contributed by atoms with Crippen LogP contribution < -0.4 is 5.43 Å². The summed E-state index contributed by atoms with van der Waals surface area (Å²) in [7, 11) is 0. The SMILES string of the molecule is Cc1cc(C2=NNC(=CSc3nnnn3Cc3cccs3)O2)c(C)o1. The number of rotatable bonds is 5. The van der Waals surface area contributed by atoms with Gasteiger partial charge in [-0.05, 0) is 41.8 Å². The number of hydrogen-bond donors (Lipinski definition) is 1. The summed E-state index contributed by atoms with van der Waals surface area (Å²) >= 11 is 3.03. The quantitative estimate of drug-likeness (QED) is 0.687. The van der Waals surface area contributed by atoms with Crippen LogP contribution >= 0.6 is 23.1 Å². The van der Waals surface area contributed by atoms with Crippen molar-refractivity contribution in [3.8, 4) is 0 Å². The molecule has 4 rings (SSSR count). The average molecular weight is 374 g/mol. The molecule has 0 unspecified atom stereocenters. The summed E-state index contributed by atoms with van der Waals surface area (Å²) < 4.78 is 13.0. The van der Waals surface area contributed by atoms with Crippen LogP contribution in [-0.2, 0) is 11.3 Å². The van der Waals surface area contributed by atoms with E-state index in [1.165, 1.54) is 16.6 Å². The molecule has 0 aliphatic carbocycles. The predicted molar refractivity (Wildman–Crippen MR) is 94.1 cm³/mol. The molecule has 3 aromatic heterocycles. The highest BCUT2D eigenvalue weighted by Crippen LogP contribution is 2.23. The maximum Gasteiger partial charge on any atom is 0.249 e. The number of nitrogens with one attached hydrogen (secondary N) is 1. The molecule has 0 spiro atoms. The third-order valence-corrected chi connectivity index (χ3v) is 5.10. The fourth-order valence-corrected chi connectivity index (χ4v) is 3.61. The first kappa shape index (κ1) is 15.9. The number of furan rings is 1.